The van der Waals surface area contributed by atoms with E-state index in [9.17, 15) is 14.7 Å². The molecule has 0 spiro atoms. The van der Waals surface area contributed by atoms with Crippen molar-refractivity contribution in [3.8, 4) is 28.7 Å². The minimum Gasteiger partial charge on any atom is -0.508 e. The average molecular weight is 444 g/mol. The summed E-state index contributed by atoms with van der Waals surface area (Å²) in [5, 5.41) is 9.66. The van der Waals surface area contributed by atoms with Crippen LogP contribution in [0.2, 0.25) is 0 Å². The van der Waals surface area contributed by atoms with Gasteiger partial charge in [0.25, 0.3) is 0 Å². The fourth-order valence-electron chi connectivity index (χ4n) is 4.18. The summed E-state index contributed by atoms with van der Waals surface area (Å²) in [6.07, 6.45) is 1.72. The molecular formula is C26H20O7. The molecular weight excluding hydrogens is 424 g/mol. The van der Waals surface area contributed by atoms with Gasteiger partial charge in [0.05, 0.1) is 26.2 Å². The van der Waals surface area contributed by atoms with E-state index in [4.69, 9.17) is 18.9 Å². The Morgan fingerprint density at radius 1 is 0.970 bits per heavy atom. The third-order valence-electron chi connectivity index (χ3n) is 5.80. The fraction of sp³-hybridized carbons (Fsp3) is 0.154. The summed E-state index contributed by atoms with van der Waals surface area (Å²) in [4.78, 5) is 25.4. The van der Waals surface area contributed by atoms with Crippen LogP contribution in [0, 0.1) is 0 Å². The number of aromatic hydroxyl groups is 1. The maximum Gasteiger partial charge on any atom is 0.312 e. The van der Waals surface area contributed by atoms with E-state index in [2.05, 4.69) is 0 Å². The van der Waals surface area contributed by atoms with Crippen molar-refractivity contribution in [3.05, 3.63) is 82.6 Å². The minimum atomic E-state index is -0.375. The highest BCUT2D eigenvalue weighted by atomic mass is 16.5. The maximum atomic E-state index is 13.2. The number of Topliss-reactive ketones (excluding diaryl/α,β-unsaturated/α-hetero) is 1. The van der Waals surface area contributed by atoms with Crippen LogP contribution in [-0.2, 0) is 4.79 Å². The molecule has 7 nitrogen and oxygen atoms in total. The number of rotatable bonds is 4. The molecule has 0 saturated heterocycles. The average Bonchev–Trinajstić information content (AvgIpc) is 3.14. The highest BCUT2D eigenvalue weighted by Gasteiger charge is 2.38. The summed E-state index contributed by atoms with van der Waals surface area (Å²) in [5.41, 5.74) is 2.50. The van der Waals surface area contributed by atoms with Crippen molar-refractivity contribution < 1.29 is 33.6 Å². The smallest absolute Gasteiger partial charge is 0.312 e. The number of fused-ring (bicyclic) bond motifs is 3. The van der Waals surface area contributed by atoms with E-state index in [1.807, 2.05) is 0 Å². The number of phenols is 1. The third-order valence-corrected chi connectivity index (χ3v) is 5.80. The highest BCUT2D eigenvalue weighted by Crippen LogP contribution is 2.49. The van der Waals surface area contributed by atoms with E-state index in [1.165, 1.54) is 7.11 Å². The van der Waals surface area contributed by atoms with Crippen molar-refractivity contribution in [2.75, 3.05) is 14.2 Å². The van der Waals surface area contributed by atoms with Crippen molar-refractivity contribution in [2.45, 2.75) is 12.3 Å². The normalized spacial score (nSPS) is 17.8. The lowest BCUT2D eigenvalue weighted by Crippen LogP contribution is -2.21. The van der Waals surface area contributed by atoms with E-state index < -0.39 is 0 Å². The second kappa shape index (κ2) is 8.02. The summed E-state index contributed by atoms with van der Waals surface area (Å²) >= 11 is 0. The highest BCUT2D eigenvalue weighted by molar-refractivity contribution is 6.15. The van der Waals surface area contributed by atoms with Gasteiger partial charge >= 0.3 is 5.97 Å². The number of ketones is 1. The van der Waals surface area contributed by atoms with Crippen molar-refractivity contribution in [1.29, 1.82) is 0 Å². The van der Waals surface area contributed by atoms with Crippen molar-refractivity contribution in [2.24, 2.45) is 0 Å². The Morgan fingerprint density at radius 2 is 1.76 bits per heavy atom. The first kappa shape index (κ1) is 20.6. The molecule has 3 aromatic rings. The number of ether oxygens (including phenoxy) is 4. The van der Waals surface area contributed by atoms with Crippen LogP contribution in [0.4, 0.5) is 0 Å². The zero-order valence-corrected chi connectivity index (χ0v) is 18.0. The second-order valence-electron chi connectivity index (χ2n) is 7.72. The van der Waals surface area contributed by atoms with Crippen LogP contribution in [0.1, 0.15) is 39.4 Å². The monoisotopic (exact) mass is 444 g/mol. The zero-order valence-electron chi connectivity index (χ0n) is 18.0. The first-order valence-corrected chi connectivity index (χ1v) is 10.3. The van der Waals surface area contributed by atoms with Crippen LogP contribution in [0.5, 0.6) is 28.7 Å². The largest absolute Gasteiger partial charge is 0.508 e. The molecule has 0 aromatic heterocycles. The molecule has 1 unspecified atom stereocenters. The van der Waals surface area contributed by atoms with Crippen LogP contribution in [0.15, 0.2) is 60.4 Å². The number of hydrogen-bond donors (Lipinski definition) is 1. The fourth-order valence-corrected chi connectivity index (χ4v) is 4.18. The number of carbonyl (C=O) groups is 2. The quantitative estimate of drug-likeness (QED) is 0.361. The molecule has 3 aromatic carbocycles. The van der Waals surface area contributed by atoms with Gasteiger partial charge in [-0.25, -0.2) is 0 Å². The van der Waals surface area contributed by atoms with Gasteiger partial charge < -0.3 is 24.1 Å². The molecule has 0 radical (unpaired) electrons. The van der Waals surface area contributed by atoms with E-state index in [1.54, 1.807) is 67.8 Å². The summed E-state index contributed by atoms with van der Waals surface area (Å²) in [7, 11) is 3.10. The van der Waals surface area contributed by atoms with E-state index >= 15 is 0 Å². The first-order valence-electron chi connectivity index (χ1n) is 10.3. The maximum absolute atomic E-state index is 13.2. The van der Waals surface area contributed by atoms with Gasteiger partial charge in [0.1, 0.15) is 28.7 Å². The lowest BCUT2D eigenvalue weighted by atomic mass is 9.84. The van der Waals surface area contributed by atoms with E-state index in [0.29, 0.717) is 39.7 Å². The molecule has 0 bridgehead atoms. The van der Waals surface area contributed by atoms with E-state index in [-0.39, 0.29) is 35.6 Å². The zero-order chi connectivity index (χ0) is 23.1. The molecule has 0 amide bonds. The number of benzene rings is 3. The van der Waals surface area contributed by atoms with Gasteiger partial charge in [-0.2, -0.15) is 0 Å². The van der Waals surface area contributed by atoms with Gasteiger partial charge in [0, 0.05) is 23.1 Å². The molecule has 2 heterocycles. The summed E-state index contributed by atoms with van der Waals surface area (Å²) in [5.74, 6) is 1.15. The molecule has 0 saturated carbocycles. The summed E-state index contributed by atoms with van der Waals surface area (Å²) < 4.78 is 22.2. The summed E-state index contributed by atoms with van der Waals surface area (Å²) in [6.45, 7) is 0. The van der Waals surface area contributed by atoms with Crippen LogP contribution in [0.25, 0.3) is 6.08 Å². The molecule has 2 aliphatic heterocycles. The molecule has 2 aliphatic rings. The van der Waals surface area contributed by atoms with Crippen molar-refractivity contribution in [1.82, 2.24) is 0 Å². The summed E-state index contributed by atoms with van der Waals surface area (Å²) in [6, 6.07) is 15.1. The Balaban J connectivity index is 1.59. The number of esters is 1. The molecule has 0 aliphatic carbocycles. The Labute approximate surface area is 189 Å². The number of carbonyl (C=O) groups excluding carboxylic acids is 2. The Hall–Kier alpha value is -4.26. The number of hydrogen-bond acceptors (Lipinski definition) is 7. The lowest BCUT2D eigenvalue weighted by molar-refractivity contribution is -0.135. The molecule has 1 atom stereocenters. The molecule has 166 valence electrons. The predicted octanol–water partition coefficient (Wildman–Crippen LogP) is 4.47. The van der Waals surface area contributed by atoms with Gasteiger partial charge in [0.15, 0.2) is 5.76 Å². The van der Waals surface area contributed by atoms with Gasteiger partial charge in [-0.3, -0.25) is 9.59 Å². The molecule has 5 rings (SSSR count). The van der Waals surface area contributed by atoms with Crippen LogP contribution in [-0.4, -0.2) is 31.1 Å². The topological polar surface area (TPSA) is 91.3 Å². The Kier molecular flexibility index (Phi) is 5.01. The third kappa shape index (κ3) is 3.57. The first-order chi connectivity index (χ1) is 16.0. The van der Waals surface area contributed by atoms with Crippen LogP contribution >= 0.6 is 0 Å². The van der Waals surface area contributed by atoms with Crippen molar-refractivity contribution >= 4 is 17.8 Å². The van der Waals surface area contributed by atoms with E-state index in [0.717, 1.165) is 5.56 Å². The second-order valence-corrected chi connectivity index (χ2v) is 7.72. The van der Waals surface area contributed by atoms with Gasteiger partial charge in [-0.05, 0) is 48.0 Å². The molecule has 7 heteroatoms. The standard InChI is InChI=1S/C26H20O7/c1-30-17-8-5-15(21(12-17)31-2)11-22-25(29)18-9-10-20-24(26(18)33-22)19(13-23(28)32-20)14-3-6-16(27)7-4-14/h3-12,19,27H,13H2,1-2H3. The van der Waals surface area contributed by atoms with Crippen molar-refractivity contribution in [3.63, 3.8) is 0 Å². The lowest BCUT2D eigenvalue weighted by Gasteiger charge is -2.26. The molecule has 33 heavy (non-hydrogen) atoms. The van der Waals surface area contributed by atoms with Gasteiger partial charge in [-0.15, -0.1) is 0 Å². The molecule has 1 N–H and O–H groups in total. The Morgan fingerprint density at radius 3 is 2.48 bits per heavy atom. The molecule has 0 fully saturated rings. The number of phenolic OH excluding ortho intramolecular Hbond substituents is 1. The number of methoxy groups -OCH3 is 2. The van der Waals surface area contributed by atoms with Gasteiger partial charge in [-0.1, -0.05) is 12.1 Å². The predicted molar refractivity (Wildman–Crippen MR) is 119 cm³/mol. The Bertz CT molecular complexity index is 1300. The number of allylic oxidation sites excluding steroid dienone is 1. The van der Waals surface area contributed by atoms with Gasteiger partial charge in [0.2, 0.25) is 5.78 Å². The minimum absolute atomic E-state index is 0.0944. The van der Waals surface area contributed by atoms with Crippen LogP contribution in [0.3, 0.4) is 0 Å². The van der Waals surface area contributed by atoms with Crippen LogP contribution < -0.4 is 18.9 Å². The SMILES string of the molecule is COc1ccc(C=C2Oc3c(ccc4c3C(c3ccc(O)cc3)CC(=O)O4)C2=O)c(OC)c1.